The highest BCUT2D eigenvalue weighted by Crippen LogP contribution is 2.22. The molecule has 0 saturated carbocycles. The lowest BCUT2D eigenvalue weighted by molar-refractivity contribution is -0.128. The number of thioether (sulfide) groups is 1. The van der Waals surface area contributed by atoms with E-state index in [0.29, 0.717) is 5.75 Å². The summed E-state index contributed by atoms with van der Waals surface area (Å²) in [5.74, 6) is 0.732. The minimum absolute atomic E-state index is 0.100. The second-order valence-corrected chi connectivity index (χ2v) is 4.93. The maximum atomic E-state index is 11.7. The summed E-state index contributed by atoms with van der Waals surface area (Å²) in [5.41, 5.74) is 0. The molecule has 1 rings (SSSR count). The molecule has 0 aliphatic rings. The van der Waals surface area contributed by atoms with Crippen LogP contribution in [0.4, 0.5) is 0 Å². The zero-order chi connectivity index (χ0) is 12.1. The number of phenols is 1. The van der Waals surface area contributed by atoms with Gasteiger partial charge in [-0.3, -0.25) is 4.79 Å². The molecule has 0 aliphatic heterocycles. The number of hydrogen-bond acceptors (Lipinski definition) is 3. The molecule has 88 valence electrons. The van der Waals surface area contributed by atoms with E-state index in [0.717, 1.165) is 4.90 Å². The third kappa shape index (κ3) is 3.77. The van der Waals surface area contributed by atoms with Crippen LogP contribution in [0.25, 0.3) is 0 Å². The second-order valence-electron chi connectivity index (χ2n) is 3.88. The molecule has 0 heterocycles. The van der Waals surface area contributed by atoms with Crippen molar-refractivity contribution < 1.29 is 9.90 Å². The van der Waals surface area contributed by atoms with Gasteiger partial charge in [-0.05, 0) is 32.0 Å². The summed E-state index contributed by atoms with van der Waals surface area (Å²) in [7, 11) is 1.80. The average Bonchev–Trinajstić information content (AvgIpc) is 2.24. The molecule has 0 saturated heterocycles. The number of carbonyl (C=O) groups excluding carboxylic acids is 1. The van der Waals surface area contributed by atoms with Crippen LogP contribution < -0.4 is 0 Å². The van der Waals surface area contributed by atoms with Crippen molar-refractivity contribution in [2.75, 3.05) is 12.8 Å². The number of phenolic OH excluding ortho intramolecular Hbond substituents is 1. The summed E-state index contributed by atoms with van der Waals surface area (Å²) in [4.78, 5) is 14.3. The van der Waals surface area contributed by atoms with Gasteiger partial charge in [0.1, 0.15) is 5.75 Å². The number of nitrogens with zero attached hydrogens (tertiary/aromatic N) is 1. The number of aromatic hydroxyl groups is 1. The largest absolute Gasteiger partial charge is 0.508 e. The van der Waals surface area contributed by atoms with E-state index < -0.39 is 0 Å². The zero-order valence-corrected chi connectivity index (χ0v) is 10.6. The van der Waals surface area contributed by atoms with Crippen molar-refractivity contribution in [1.29, 1.82) is 0 Å². The van der Waals surface area contributed by atoms with Gasteiger partial charge in [-0.1, -0.05) is 6.07 Å². The number of benzene rings is 1. The first-order valence-electron chi connectivity index (χ1n) is 5.18. The highest BCUT2D eigenvalue weighted by molar-refractivity contribution is 8.00. The molecule has 4 heteroatoms. The summed E-state index contributed by atoms with van der Waals surface area (Å²) < 4.78 is 0. The van der Waals surface area contributed by atoms with Crippen molar-refractivity contribution in [3.8, 4) is 5.75 Å². The first-order valence-corrected chi connectivity index (χ1v) is 6.16. The molecular weight excluding hydrogens is 222 g/mol. The van der Waals surface area contributed by atoms with Gasteiger partial charge in [-0.25, -0.2) is 0 Å². The van der Waals surface area contributed by atoms with Gasteiger partial charge in [0.15, 0.2) is 0 Å². The fraction of sp³-hybridized carbons (Fsp3) is 0.417. The molecule has 0 fully saturated rings. The fourth-order valence-corrected chi connectivity index (χ4v) is 1.98. The number of rotatable bonds is 4. The maximum absolute atomic E-state index is 11.7. The van der Waals surface area contributed by atoms with E-state index in [1.165, 1.54) is 11.8 Å². The lowest BCUT2D eigenvalue weighted by Gasteiger charge is -2.21. The van der Waals surface area contributed by atoms with Crippen LogP contribution in [0.3, 0.4) is 0 Å². The lowest BCUT2D eigenvalue weighted by atomic mass is 10.3. The Kier molecular flexibility index (Phi) is 4.68. The Balaban J connectivity index is 2.49. The van der Waals surface area contributed by atoms with Crippen LogP contribution in [0.2, 0.25) is 0 Å². The van der Waals surface area contributed by atoms with Crippen LogP contribution in [0, 0.1) is 0 Å². The van der Waals surface area contributed by atoms with E-state index in [9.17, 15) is 9.90 Å². The molecule has 16 heavy (non-hydrogen) atoms. The first kappa shape index (κ1) is 12.9. The number of amides is 1. The molecule has 0 aliphatic carbocycles. The lowest BCUT2D eigenvalue weighted by Crippen LogP contribution is -2.34. The van der Waals surface area contributed by atoms with Crippen molar-refractivity contribution in [2.45, 2.75) is 24.8 Å². The molecule has 0 aromatic heterocycles. The van der Waals surface area contributed by atoms with Gasteiger partial charge in [0.05, 0.1) is 5.75 Å². The predicted octanol–water partition coefficient (Wildman–Crippen LogP) is 2.35. The maximum Gasteiger partial charge on any atom is 0.232 e. The Bertz CT molecular complexity index is 366. The molecule has 1 aromatic carbocycles. The van der Waals surface area contributed by atoms with Crippen molar-refractivity contribution in [2.24, 2.45) is 0 Å². The van der Waals surface area contributed by atoms with Gasteiger partial charge in [0.2, 0.25) is 5.91 Å². The van der Waals surface area contributed by atoms with E-state index >= 15 is 0 Å². The Labute approximate surface area is 100 Å². The molecule has 0 radical (unpaired) electrons. The average molecular weight is 239 g/mol. The Morgan fingerprint density at radius 3 is 2.75 bits per heavy atom. The van der Waals surface area contributed by atoms with Crippen LogP contribution in [-0.4, -0.2) is 34.8 Å². The van der Waals surface area contributed by atoms with E-state index in [2.05, 4.69) is 0 Å². The highest BCUT2D eigenvalue weighted by atomic mass is 32.2. The second kappa shape index (κ2) is 5.80. The molecule has 0 spiro atoms. The van der Waals surface area contributed by atoms with Crippen LogP contribution in [0.1, 0.15) is 13.8 Å². The summed E-state index contributed by atoms with van der Waals surface area (Å²) in [5, 5.41) is 9.27. The monoisotopic (exact) mass is 239 g/mol. The first-order chi connectivity index (χ1) is 7.50. The summed E-state index contributed by atoms with van der Waals surface area (Å²) >= 11 is 1.44. The van der Waals surface area contributed by atoms with Crippen LogP contribution >= 0.6 is 11.8 Å². The van der Waals surface area contributed by atoms with Crippen molar-refractivity contribution in [3.05, 3.63) is 24.3 Å². The molecule has 1 amide bonds. The molecule has 0 atom stereocenters. The zero-order valence-electron chi connectivity index (χ0n) is 9.80. The van der Waals surface area contributed by atoms with Gasteiger partial charge in [-0.2, -0.15) is 0 Å². The normalized spacial score (nSPS) is 10.5. The number of hydrogen-bond donors (Lipinski definition) is 1. The van der Waals surface area contributed by atoms with E-state index in [1.807, 2.05) is 19.9 Å². The van der Waals surface area contributed by atoms with Gasteiger partial charge in [0.25, 0.3) is 0 Å². The molecule has 0 bridgehead atoms. The third-order valence-electron chi connectivity index (χ3n) is 2.35. The third-order valence-corrected chi connectivity index (χ3v) is 3.33. The van der Waals surface area contributed by atoms with Crippen LogP contribution in [-0.2, 0) is 4.79 Å². The van der Waals surface area contributed by atoms with Gasteiger partial charge in [0, 0.05) is 18.0 Å². The summed E-state index contributed by atoms with van der Waals surface area (Å²) in [6.45, 7) is 3.97. The highest BCUT2D eigenvalue weighted by Gasteiger charge is 2.11. The number of carbonyl (C=O) groups is 1. The van der Waals surface area contributed by atoms with E-state index in [-0.39, 0.29) is 17.7 Å². The van der Waals surface area contributed by atoms with Crippen molar-refractivity contribution in [1.82, 2.24) is 4.90 Å². The van der Waals surface area contributed by atoms with Gasteiger partial charge in [-0.15, -0.1) is 11.8 Å². The van der Waals surface area contributed by atoms with Gasteiger partial charge >= 0.3 is 0 Å². The molecule has 0 unspecified atom stereocenters. The predicted molar refractivity (Wildman–Crippen MR) is 66.7 cm³/mol. The van der Waals surface area contributed by atoms with Crippen molar-refractivity contribution in [3.63, 3.8) is 0 Å². The summed E-state index contributed by atoms with van der Waals surface area (Å²) in [6.07, 6.45) is 0. The quantitative estimate of drug-likeness (QED) is 0.820. The fourth-order valence-electron chi connectivity index (χ4n) is 1.11. The minimum Gasteiger partial charge on any atom is -0.508 e. The Hall–Kier alpha value is -1.16. The smallest absolute Gasteiger partial charge is 0.232 e. The molecule has 3 nitrogen and oxygen atoms in total. The van der Waals surface area contributed by atoms with Gasteiger partial charge < -0.3 is 10.0 Å². The summed E-state index contributed by atoms with van der Waals surface area (Å²) in [6, 6.07) is 7.15. The standard InChI is InChI=1S/C12H17NO2S/c1-9(2)13(3)12(15)8-16-11-6-4-5-10(14)7-11/h4-7,9,14H,8H2,1-3H3. The van der Waals surface area contributed by atoms with Crippen molar-refractivity contribution >= 4 is 17.7 Å². The van der Waals surface area contributed by atoms with Crippen LogP contribution in [0.15, 0.2) is 29.2 Å². The van der Waals surface area contributed by atoms with Crippen LogP contribution in [0.5, 0.6) is 5.75 Å². The topological polar surface area (TPSA) is 40.5 Å². The van der Waals surface area contributed by atoms with E-state index in [4.69, 9.17) is 0 Å². The Morgan fingerprint density at radius 1 is 1.50 bits per heavy atom. The Morgan fingerprint density at radius 2 is 2.19 bits per heavy atom. The molecule has 1 N–H and O–H groups in total. The van der Waals surface area contributed by atoms with E-state index in [1.54, 1.807) is 30.1 Å². The molecule has 1 aromatic rings. The SMILES string of the molecule is CC(C)N(C)C(=O)CSc1cccc(O)c1. The molecular formula is C12H17NO2S. The minimum atomic E-state index is 0.100.